The van der Waals surface area contributed by atoms with Crippen LogP contribution in [0.4, 0.5) is 4.79 Å². The van der Waals surface area contributed by atoms with E-state index >= 15 is 0 Å². The van der Waals surface area contributed by atoms with Crippen molar-refractivity contribution < 1.29 is 19.0 Å². The van der Waals surface area contributed by atoms with Crippen LogP contribution in [-0.2, 0) is 0 Å². The zero-order valence-electron chi connectivity index (χ0n) is 9.80. The van der Waals surface area contributed by atoms with E-state index in [-0.39, 0.29) is 0 Å². The fourth-order valence-corrected chi connectivity index (χ4v) is 1.54. The van der Waals surface area contributed by atoms with E-state index in [9.17, 15) is 4.79 Å². The van der Waals surface area contributed by atoms with E-state index in [1.165, 1.54) is 13.3 Å². The number of carbonyl (C=O) groups excluding carboxylic acids is 1. The first-order valence-corrected chi connectivity index (χ1v) is 5.27. The summed E-state index contributed by atoms with van der Waals surface area (Å²) < 4.78 is 16.1. The average molecular weight is 251 g/mol. The maximum atomic E-state index is 10.5. The fraction of sp³-hybridized carbons (Fsp3) is 0.273. The second kappa shape index (κ2) is 5.26. The number of nitrogens with one attached hydrogen (secondary N) is 1. The molecule has 1 aromatic rings. The molecule has 0 aliphatic carbocycles. The first-order valence-electron chi connectivity index (χ1n) is 5.27. The Bertz CT molecular complexity index is 470. The van der Waals surface area contributed by atoms with Gasteiger partial charge in [0.05, 0.1) is 13.3 Å². The summed E-state index contributed by atoms with van der Waals surface area (Å²) in [5.41, 5.74) is 7.70. The van der Waals surface area contributed by atoms with Crippen LogP contribution >= 0.6 is 0 Å². The number of primary amides is 1. The van der Waals surface area contributed by atoms with E-state index < -0.39 is 6.03 Å². The maximum Gasteiger partial charge on any atom is 0.332 e. The van der Waals surface area contributed by atoms with Crippen LogP contribution in [0.2, 0.25) is 0 Å². The van der Waals surface area contributed by atoms with Gasteiger partial charge in [0, 0.05) is 5.56 Å². The van der Waals surface area contributed by atoms with E-state index in [1.807, 2.05) is 0 Å². The second-order valence-electron chi connectivity index (χ2n) is 3.48. The normalized spacial score (nSPS) is 13.4. The van der Waals surface area contributed by atoms with E-state index in [4.69, 9.17) is 19.9 Å². The lowest BCUT2D eigenvalue weighted by atomic mass is 10.2. The molecule has 0 bridgehead atoms. The molecule has 1 aliphatic rings. The van der Waals surface area contributed by atoms with Gasteiger partial charge in [0.15, 0.2) is 11.5 Å². The number of hydrogen-bond donors (Lipinski definition) is 2. The molecule has 3 N–H and O–H groups in total. The standard InChI is InChI=1S/C11H13N3O4/c1-16-8-4-7(6-13-14-11(12)15)5-9-10(8)18-3-2-17-9/h4-6H,2-3H2,1H3,(H3,12,14,15). The summed E-state index contributed by atoms with van der Waals surface area (Å²) in [6.45, 7) is 0.969. The number of fused-ring (bicyclic) bond motifs is 1. The van der Waals surface area contributed by atoms with E-state index in [0.29, 0.717) is 36.0 Å². The smallest absolute Gasteiger partial charge is 0.332 e. The Kier molecular flexibility index (Phi) is 3.52. The number of carbonyl (C=O) groups is 1. The topological polar surface area (TPSA) is 95.2 Å². The lowest BCUT2D eigenvalue weighted by Crippen LogP contribution is -2.24. The zero-order chi connectivity index (χ0) is 13.0. The van der Waals surface area contributed by atoms with Crippen molar-refractivity contribution >= 4 is 12.2 Å². The Hall–Kier alpha value is -2.44. The Morgan fingerprint density at radius 2 is 2.28 bits per heavy atom. The Balaban J connectivity index is 2.26. The molecule has 0 radical (unpaired) electrons. The van der Waals surface area contributed by atoms with Gasteiger partial charge in [0.1, 0.15) is 13.2 Å². The number of nitrogens with two attached hydrogens (primary N) is 1. The van der Waals surface area contributed by atoms with Gasteiger partial charge in [0.2, 0.25) is 5.75 Å². The summed E-state index contributed by atoms with van der Waals surface area (Å²) in [6, 6.07) is 2.74. The quantitative estimate of drug-likeness (QED) is 0.603. The van der Waals surface area contributed by atoms with Crippen LogP contribution in [0.5, 0.6) is 17.2 Å². The largest absolute Gasteiger partial charge is 0.493 e. The van der Waals surface area contributed by atoms with Gasteiger partial charge in [-0.15, -0.1) is 0 Å². The van der Waals surface area contributed by atoms with Crippen molar-refractivity contribution in [3.05, 3.63) is 17.7 Å². The number of amides is 2. The lowest BCUT2D eigenvalue weighted by Gasteiger charge is -2.20. The molecule has 0 atom stereocenters. The predicted molar refractivity (Wildman–Crippen MR) is 64.3 cm³/mol. The molecule has 0 unspecified atom stereocenters. The number of methoxy groups -OCH3 is 1. The molecule has 2 amide bonds. The Labute approximate surface area is 104 Å². The van der Waals surface area contributed by atoms with Gasteiger partial charge < -0.3 is 19.9 Å². The number of benzene rings is 1. The highest BCUT2D eigenvalue weighted by molar-refractivity contribution is 5.83. The fourth-order valence-electron chi connectivity index (χ4n) is 1.54. The highest BCUT2D eigenvalue weighted by Crippen LogP contribution is 2.39. The molecule has 18 heavy (non-hydrogen) atoms. The first kappa shape index (κ1) is 12.0. The molecule has 1 aliphatic heterocycles. The Morgan fingerprint density at radius 1 is 1.50 bits per heavy atom. The number of hydrazone groups is 1. The van der Waals surface area contributed by atoms with Gasteiger partial charge in [-0.2, -0.15) is 5.10 Å². The summed E-state index contributed by atoms with van der Waals surface area (Å²) in [5.74, 6) is 1.71. The van der Waals surface area contributed by atoms with Crippen LogP contribution in [0.25, 0.3) is 0 Å². The SMILES string of the molecule is COc1cc(C=NNC(N)=O)cc2c1OCCO2. The molecule has 96 valence electrons. The van der Waals surface area contributed by atoms with Crippen molar-refractivity contribution in [2.75, 3.05) is 20.3 Å². The third-order valence-electron chi connectivity index (χ3n) is 2.24. The number of hydrogen-bond acceptors (Lipinski definition) is 5. The molecular formula is C11H13N3O4. The summed E-state index contributed by atoms with van der Waals surface area (Å²) >= 11 is 0. The average Bonchev–Trinajstić information content (AvgIpc) is 2.37. The summed E-state index contributed by atoms with van der Waals surface area (Å²) in [7, 11) is 1.54. The van der Waals surface area contributed by atoms with Gasteiger partial charge >= 0.3 is 6.03 Å². The molecule has 0 spiro atoms. The van der Waals surface area contributed by atoms with Crippen molar-refractivity contribution in [2.45, 2.75) is 0 Å². The van der Waals surface area contributed by atoms with Crippen molar-refractivity contribution in [2.24, 2.45) is 10.8 Å². The van der Waals surface area contributed by atoms with Gasteiger partial charge in [-0.1, -0.05) is 0 Å². The van der Waals surface area contributed by atoms with Gasteiger partial charge in [-0.05, 0) is 12.1 Å². The number of rotatable bonds is 3. The lowest BCUT2D eigenvalue weighted by molar-refractivity contribution is 0.165. The minimum Gasteiger partial charge on any atom is -0.493 e. The van der Waals surface area contributed by atoms with Crippen molar-refractivity contribution in [1.82, 2.24) is 5.43 Å². The van der Waals surface area contributed by atoms with Crippen LogP contribution in [-0.4, -0.2) is 32.6 Å². The summed E-state index contributed by atoms with van der Waals surface area (Å²) in [4.78, 5) is 10.5. The molecule has 7 nitrogen and oxygen atoms in total. The molecule has 1 aromatic carbocycles. The predicted octanol–water partition coefficient (Wildman–Crippen LogP) is 0.469. The van der Waals surface area contributed by atoms with Gasteiger partial charge in [0.25, 0.3) is 0 Å². The van der Waals surface area contributed by atoms with Crippen LogP contribution in [0.1, 0.15) is 5.56 Å². The highest BCUT2D eigenvalue weighted by Gasteiger charge is 2.17. The minimum absolute atomic E-state index is 0.482. The van der Waals surface area contributed by atoms with Crippen LogP contribution in [0.3, 0.4) is 0 Å². The molecule has 0 fully saturated rings. The van der Waals surface area contributed by atoms with Crippen molar-refractivity contribution in [3.63, 3.8) is 0 Å². The van der Waals surface area contributed by atoms with Crippen molar-refractivity contribution in [1.29, 1.82) is 0 Å². The summed E-state index contributed by atoms with van der Waals surface area (Å²) in [6.07, 6.45) is 1.44. The van der Waals surface area contributed by atoms with Gasteiger partial charge in [-0.25, -0.2) is 10.2 Å². The molecule has 1 heterocycles. The molecule has 0 aromatic heterocycles. The first-order chi connectivity index (χ1) is 8.70. The summed E-state index contributed by atoms with van der Waals surface area (Å²) in [5, 5.41) is 3.66. The maximum absolute atomic E-state index is 10.5. The third kappa shape index (κ3) is 2.62. The monoisotopic (exact) mass is 251 g/mol. The van der Waals surface area contributed by atoms with Crippen LogP contribution in [0, 0.1) is 0 Å². The van der Waals surface area contributed by atoms with E-state index in [1.54, 1.807) is 12.1 Å². The van der Waals surface area contributed by atoms with Gasteiger partial charge in [-0.3, -0.25) is 0 Å². The van der Waals surface area contributed by atoms with Crippen molar-refractivity contribution in [3.8, 4) is 17.2 Å². The number of nitrogens with zero attached hydrogens (tertiary/aromatic N) is 1. The van der Waals surface area contributed by atoms with E-state index in [0.717, 1.165) is 0 Å². The van der Waals surface area contributed by atoms with Crippen LogP contribution in [0.15, 0.2) is 17.2 Å². The molecule has 0 saturated heterocycles. The third-order valence-corrected chi connectivity index (χ3v) is 2.24. The molecular weight excluding hydrogens is 238 g/mol. The molecule has 0 saturated carbocycles. The number of urea groups is 1. The number of ether oxygens (including phenoxy) is 3. The van der Waals surface area contributed by atoms with Crippen LogP contribution < -0.4 is 25.4 Å². The second-order valence-corrected chi connectivity index (χ2v) is 3.48. The molecule has 7 heteroatoms. The van der Waals surface area contributed by atoms with E-state index in [2.05, 4.69) is 10.5 Å². The molecule has 2 rings (SSSR count). The zero-order valence-corrected chi connectivity index (χ0v) is 9.80. The highest BCUT2D eigenvalue weighted by atomic mass is 16.6. The Morgan fingerprint density at radius 3 is 3.00 bits per heavy atom. The minimum atomic E-state index is -0.726.